The lowest BCUT2D eigenvalue weighted by atomic mass is 10.3. The largest absolute Gasteiger partial charge is 0.329 e. The highest BCUT2D eigenvalue weighted by molar-refractivity contribution is 7.99. The Morgan fingerprint density at radius 1 is 1.40 bits per heavy atom. The van der Waals surface area contributed by atoms with E-state index < -0.39 is 0 Å². The van der Waals surface area contributed by atoms with E-state index in [2.05, 4.69) is 20.8 Å². The van der Waals surface area contributed by atoms with Crippen molar-refractivity contribution in [2.75, 3.05) is 17.6 Å². The molecule has 1 heterocycles. The molecule has 0 radical (unpaired) electrons. The summed E-state index contributed by atoms with van der Waals surface area (Å²) in [5.41, 5.74) is 5.96. The summed E-state index contributed by atoms with van der Waals surface area (Å²) in [7, 11) is 0. The van der Waals surface area contributed by atoms with Gasteiger partial charge in [-0.2, -0.15) is 0 Å². The predicted octanol–water partition coefficient (Wildman–Crippen LogP) is 0.502. The molecule has 3 N–H and O–H groups in total. The van der Waals surface area contributed by atoms with Gasteiger partial charge in [-0.15, -0.1) is 5.10 Å². The summed E-state index contributed by atoms with van der Waals surface area (Å²) in [4.78, 5) is 11.7. The Kier molecular flexibility index (Phi) is 5.02. The van der Waals surface area contributed by atoms with Crippen molar-refractivity contribution < 1.29 is 9.18 Å². The lowest BCUT2D eigenvalue weighted by Crippen LogP contribution is -2.16. The second-order valence-electron chi connectivity index (χ2n) is 3.82. The van der Waals surface area contributed by atoms with Gasteiger partial charge in [0.25, 0.3) is 0 Å². The standard InChI is InChI=1S/C11H13FN6OS/c12-8-1-3-9(4-2-8)14-10(19)7-20-11-15-16-17-18(11)6-5-13/h1-4H,5-7,13H2,(H,14,19). The van der Waals surface area contributed by atoms with Crippen LogP contribution < -0.4 is 11.1 Å². The summed E-state index contributed by atoms with van der Waals surface area (Å²) in [6.07, 6.45) is 0. The Balaban J connectivity index is 1.85. The van der Waals surface area contributed by atoms with Crippen LogP contribution in [0.4, 0.5) is 10.1 Å². The predicted molar refractivity (Wildman–Crippen MR) is 72.6 cm³/mol. The van der Waals surface area contributed by atoms with E-state index in [1.165, 1.54) is 40.7 Å². The molecule has 0 aliphatic carbocycles. The van der Waals surface area contributed by atoms with E-state index in [1.807, 2.05) is 0 Å². The number of benzene rings is 1. The van der Waals surface area contributed by atoms with Crippen molar-refractivity contribution in [2.45, 2.75) is 11.7 Å². The zero-order valence-corrected chi connectivity index (χ0v) is 11.3. The van der Waals surface area contributed by atoms with Gasteiger partial charge in [0.1, 0.15) is 5.82 Å². The van der Waals surface area contributed by atoms with Crippen LogP contribution in [0.25, 0.3) is 0 Å². The highest BCUT2D eigenvalue weighted by atomic mass is 32.2. The Morgan fingerprint density at radius 3 is 2.85 bits per heavy atom. The number of hydrogen-bond donors (Lipinski definition) is 2. The Labute approximate surface area is 118 Å². The van der Waals surface area contributed by atoms with Gasteiger partial charge >= 0.3 is 0 Å². The Bertz CT molecular complexity index is 573. The normalized spacial score (nSPS) is 10.5. The number of carbonyl (C=O) groups is 1. The Hall–Kier alpha value is -2.00. The molecule has 1 aromatic carbocycles. The third-order valence-electron chi connectivity index (χ3n) is 2.30. The first kappa shape index (κ1) is 14.4. The van der Waals surface area contributed by atoms with E-state index >= 15 is 0 Å². The number of tetrazole rings is 1. The minimum Gasteiger partial charge on any atom is -0.329 e. The summed E-state index contributed by atoms with van der Waals surface area (Å²) in [6, 6.07) is 5.56. The molecule has 0 aliphatic heterocycles. The molecule has 0 unspecified atom stereocenters. The van der Waals surface area contributed by atoms with Crippen molar-refractivity contribution in [2.24, 2.45) is 5.73 Å². The lowest BCUT2D eigenvalue weighted by molar-refractivity contribution is -0.113. The Morgan fingerprint density at radius 2 is 2.15 bits per heavy atom. The van der Waals surface area contributed by atoms with Crippen LogP contribution in [0.3, 0.4) is 0 Å². The lowest BCUT2D eigenvalue weighted by Gasteiger charge is -2.05. The minimum absolute atomic E-state index is 0.155. The molecule has 0 saturated heterocycles. The first-order valence-electron chi connectivity index (χ1n) is 5.83. The number of anilines is 1. The van der Waals surface area contributed by atoms with Crippen LogP contribution in [0.2, 0.25) is 0 Å². The molecule has 1 aromatic heterocycles. The first-order chi connectivity index (χ1) is 9.69. The molecule has 0 atom stereocenters. The third-order valence-corrected chi connectivity index (χ3v) is 3.26. The van der Waals surface area contributed by atoms with Gasteiger partial charge in [0.05, 0.1) is 12.3 Å². The molecule has 0 fully saturated rings. The molecular weight excluding hydrogens is 283 g/mol. The molecule has 2 rings (SSSR count). The number of nitrogens with one attached hydrogen (secondary N) is 1. The second kappa shape index (κ2) is 6.96. The van der Waals surface area contributed by atoms with Crippen LogP contribution in [0, 0.1) is 5.82 Å². The number of amides is 1. The van der Waals surface area contributed by atoms with Crippen molar-refractivity contribution in [1.29, 1.82) is 0 Å². The van der Waals surface area contributed by atoms with E-state index in [0.717, 1.165) is 0 Å². The first-order valence-corrected chi connectivity index (χ1v) is 6.82. The number of carbonyl (C=O) groups excluding carboxylic acids is 1. The van der Waals surface area contributed by atoms with Crippen LogP contribution in [0.1, 0.15) is 0 Å². The fraction of sp³-hybridized carbons (Fsp3) is 0.273. The van der Waals surface area contributed by atoms with Gasteiger partial charge in [0.15, 0.2) is 0 Å². The third kappa shape index (κ3) is 4.00. The zero-order chi connectivity index (χ0) is 14.4. The maximum absolute atomic E-state index is 12.7. The number of hydrogen-bond acceptors (Lipinski definition) is 6. The van der Waals surface area contributed by atoms with Gasteiger partial charge in [-0.05, 0) is 34.7 Å². The molecule has 0 saturated carbocycles. The number of halogens is 1. The molecule has 0 spiro atoms. The maximum atomic E-state index is 12.7. The summed E-state index contributed by atoms with van der Waals surface area (Å²) < 4.78 is 14.3. The fourth-order valence-electron chi connectivity index (χ4n) is 1.42. The summed E-state index contributed by atoms with van der Waals surface area (Å²) >= 11 is 1.21. The fourth-order valence-corrected chi connectivity index (χ4v) is 2.13. The van der Waals surface area contributed by atoms with Crippen molar-refractivity contribution in [3.05, 3.63) is 30.1 Å². The molecule has 9 heteroatoms. The summed E-state index contributed by atoms with van der Waals surface area (Å²) in [6.45, 7) is 0.912. The summed E-state index contributed by atoms with van der Waals surface area (Å²) in [5, 5.41) is 14.3. The molecule has 20 heavy (non-hydrogen) atoms. The smallest absolute Gasteiger partial charge is 0.234 e. The molecule has 0 aliphatic rings. The highest BCUT2D eigenvalue weighted by Crippen LogP contribution is 2.14. The molecule has 106 valence electrons. The van der Waals surface area contributed by atoms with Gasteiger partial charge < -0.3 is 11.1 Å². The monoisotopic (exact) mass is 296 g/mol. The van der Waals surface area contributed by atoms with E-state index in [-0.39, 0.29) is 17.5 Å². The number of nitrogens with two attached hydrogens (primary N) is 1. The van der Waals surface area contributed by atoms with Crippen LogP contribution >= 0.6 is 11.8 Å². The van der Waals surface area contributed by atoms with E-state index in [1.54, 1.807) is 0 Å². The van der Waals surface area contributed by atoms with Crippen LogP contribution in [-0.4, -0.2) is 38.4 Å². The van der Waals surface area contributed by atoms with Crippen LogP contribution in [-0.2, 0) is 11.3 Å². The van der Waals surface area contributed by atoms with Gasteiger partial charge in [-0.3, -0.25) is 4.79 Å². The average Bonchev–Trinajstić information content (AvgIpc) is 2.87. The molecule has 7 nitrogen and oxygen atoms in total. The number of nitrogens with zero attached hydrogens (tertiary/aromatic N) is 4. The quantitative estimate of drug-likeness (QED) is 0.753. The van der Waals surface area contributed by atoms with E-state index in [9.17, 15) is 9.18 Å². The van der Waals surface area contributed by atoms with E-state index in [0.29, 0.717) is 23.9 Å². The molecule has 1 amide bonds. The van der Waals surface area contributed by atoms with Crippen molar-refractivity contribution >= 4 is 23.4 Å². The average molecular weight is 296 g/mol. The zero-order valence-electron chi connectivity index (χ0n) is 10.5. The highest BCUT2D eigenvalue weighted by Gasteiger charge is 2.09. The number of rotatable bonds is 6. The van der Waals surface area contributed by atoms with E-state index in [4.69, 9.17) is 5.73 Å². The van der Waals surface area contributed by atoms with Gasteiger partial charge in [-0.25, -0.2) is 9.07 Å². The number of aromatic nitrogens is 4. The molecule has 0 bridgehead atoms. The molecular formula is C11H13FN6OS. The van der Waals surface area contributed by atoms with Crippen molar-refractivity contribution in [1.82, 2.24) is 20.2 Å². The van der Waals surface area contributed by atoms with Crippen molar-refractivity contribution in [3.8, 4) is 0 Å². The minimum atomic E-state index is -0.349. The van der Waals surface area contributed by atoms with Gasteiger partial charge in [0, 0.05) is 12.2 Å². The number of thioether (sulfide) groups is 1. The second-order valence-corrected chi connectivity index (χ2v) is 4.76. The summed E-state index contributed by atoms with van der Waals surface area (Å²) in [5.74, 6) is -0.412. The van der Waals surface area contributed by atoms with Crippen LogP contribution in [0.5, 0.6) is 0 Å². The van der Waals surface area contributed by atoms with Gasteiger partial charge in [0.2, 0.25) is 11.1 Å². The van der Waals surface area contributed by atoms with Gasteiger partial charge in [-0.1, -0.05) is 11.8 Å². The van der Waals surface area contributed by atoms with Crippen molar-refractivity contribution in [3.63, 3.8) is 0 Å². The SMILES string of the molecule is NCCn1nnnc1SCC(=O)Nc1ccc(F)cc1. The molecule has 2 aromatic rings. The van der Waals surface area contributed by atoms with Crippen LogP contribution in [0.15, 0.2) is 29.4 Å². The maximum Gasteiger partial charge on any atom is 0.234 e. The topological polar surface area (TPSA) is 98.7 Å².